The van der Waals surface area contributed by atoms with Gasteiger partial charge in [-0.2, -0.15) is 0 Å². The lowest BCUT2D eigenvalue weighted by Crippen LogP contribution is -2.44. The Morgan fingerprint density at radius 3 is 2.62 bits per heavy atom. The third kappa shape index (κ3) is 6.93. The van der Waals surface area contributed by atoms with Crippen molar-refractivity contribution in [3.63, 3.8) is 0 Å². The van der Waals surface area contributed by atoms with Crippen molar-refractivity contribution in [2.75, 3.05) is 13.7 Å². The van der Waals surface area contributed by atoms with Crippen LogP contribution in [0.1, 0.15) is 63.4 Å². The number of hydrogen-bond donors (Lipinski definition) is 3. The molecule has 1 fully saturated rings. The number of nitrogens with one attached hydrogen (secondary N) is 3. The molecule has 2 aliphatic rings. The second kappa shape index (κ2) is 11.7. The highest BCUT2D eigenvalue weighted by atomic mass is 32.2. The Kier molecular flexibility index (Phi) is 8.92. The van der Waals surface area contributed by atoms with Crippen LogP contribution in [0.15, 0.2) is 34.7 Å². The van der Waals surface area contributed by atoms with Crippen LogP contribution in [0.4, 0.5) is 0 Å². The lowest BCUT2D eigenvalue weighted by atomic mass is 9.96. The van der Waals surface area contributed by atoms with Gasteiger partial charge in [-0.25, -0.2) is 8.42 Å². The largest absolute Gasteiger partial charge is 0.495 e. The monoisotopic (exact) mass is 479 g/mol. The molecule has 32 heavy (non-hydrogen) atoms. The van der Waals surface area contributed by atoms with Crippen molar-refractivity contribution in [3.8, 4) is 5.75 Å². The van der Waals surface area contributed by atoms with Crippen LogP contribution >= 0.6 is 12.2 Å². The van der Waals surface area contributed by atoms with E-state index in [1.54, 1.807) is 12.1 Å². The molecule has 176 valence electrons. The summed E-state index contributed by atoms with van der Waals surface area (Å²) in [5.41, 5.74) is 1.63. The highest BCUT2D eigenvalue weighted by molar-refractivity contribution is 7.92. The average molecular weight is 480 g/mol. The zero-order chi connectivity index (χ0) is 23.0. The molecule has 0 bridgehead atoms. The van der Waals surface area contributed by atoms with E-state index in [2.05, 4.69) is 15.4 Å². The first kappa shape index (κ1) is 24.5. The predicted molar refractivity (Wildman–Crippen MR) is 129 cm³/mol. The van der Waals surface area contributed by atoms with E-state index in [4.69, 9.17) is 17.0 Å². The van der Waals surface area contributed by atoms with Crippen molar-refractivity contribution in [2.45, 2.75) is 75.1 Å². The Labute approximate surface area is 196 Å². The number of rotatable bonds is 8. The number of methoxy groups -OCH3 is 1. The first-order valence-electron chi connectivity index (χ1n) is 11.4. The summed E-state index contributed by atoms with van der Waals surface area (Å²) >= 11 is 5.26. The van der Waals surface area contributed by atoms with Crippen LogP contribution in [-0.4, -0.2) is 39.1 Å². The van der Waals surface area contributed by atoms with E-state index >= 15 is 0 Å². The van der Waals surface area contributed by atoms with E-state index in [1.165, 1.54) is 13.5 Å². The van der Waals surface area contributed by atoms with Crippen LogP contribution in [0.2, 0.25) is 0 Å². The molecular weight excluding hydrogens is 446 g/mol. The predicted octanol–water partition coefficient (Wildman–Crippen LogP) is 3.34. The second-order valence-corrected chi connectivity index (χ2v) is 10.4. The van der Waals surface area contributed by atoms with Crippen molar-refractivity contribution in [1.29, 1.82) is 0 Å². The third-order valence-electron chi connectivity index (χ3n) is 5.97. The minimum absolute atomic E-state index is 0.0339. The van der Waals surface area contributed by atoms with Crippen LogP contribution in [0.3, 0.4) is 0 Å². The zero-order valence-electron chi connectivity index (χ0n) is 18.6. The van der Waals surface area contributed by atoms with Crippen molar-refractivity contribution in [1.82, 2.24) is 15.4 Å². The molecule has 0 unspecified atom stereocenters. The van der Waals surface area contributed by atoms with Crippen LogP contribution in [0.25, 0.3) is 0 Å². The molecule has 3 rings (SSSR count). The van der Waals surface area contributed by atoms with Gasteiger partial charge in [0.25, 0.3) is 10.0 Å². The molecule has 9 heteroatoms. The van der Waals surface area contributed by atoms with Crippen molar-refractivity contribution in [2.24, 2.45) is 0 Å². The number of sulfonamides is 1. The Hall–Kier alpha value is -2.13. The smallest absolute Gasteiger partial charge is 0.267 e. The average Bonchev–Trinajstić information content (AvgIpc) is 2.79. The maximum Gasteiger partial charge on any atom is 0.267 e. The van der Waals surface area contributed by atoms with E-state index < -0.39 is 10.0 Å². The highest BCUT2D eigenvalue weighted by Gasteiger charge is 2.23. The van der Waals surface area contributed by atoms with Gasteiger partial charge in [0.05, 0.1) is 7.11 Å². The molecule has 0 spiro atoms. The minimum Gasteiger partial charge on any atom is -0.495 e. The van der Waals surface area contributed by atoms with E-state index in [0.29, 0.717) is 13.0 Å². The van der Waals surface area contributed by atoms with Gasteiger partial charge < -0.3 is 15.4 Å². The van der Waals surface area contributed by atoms with Crippen molar-refractivity contribution >= 4 is 33.3 Å². The van der Waals surface area contributed by atoms with Gasteiger partial charge in [-0.05, 0) is 74.9 Å². The Morgan fingerprint density at radius 1 is 1.16 bits per heavy atom. The van der Waals surface area contributed by atoms with Gasteiger partial charge in [0, 0.05) is 18.2 Å². The van der Waals surface area contributed by atoms with Crippen molar-refractivity contribution < 1.29 is 17.9 Å². The summed E-state index contributed by atoms with van der Waals surface area (Å²) in [4.78, 5) is 12.3. The first-order valence-corrected chi connectivity index (χ1v) is 13.3. The molecule has 3 N–H and O–H groups in total. The summed E-state index contributed by atoms with van der Waals surface area (Å²) < 4.78 is 33.8. The second-order valence-electron chi connectivity index (χ2n) is 8.38. The zero-order valence-corrected chi connectivity index (χ0v) is 20.2. The van der Waals surface area contributed by atoms with E-state index in [9.17, 15) is 13.2 Å². The van der Waals surface area contributed by atoms with Crippen molar-refractivity contribution in [3.05, 3.63) is 35.4 Å². The highest BCUT2D eigenvalue weighted by Crippen LogP contribution is 2.25. The number of benzene rings is 1. The van der Waals surface area contributed by atoms with Crippen LogP contribution in [0.5, 0.6) is 5.75 Å². The van der Waals surface area contributed by atoms with Gasteiger partial charge in [-0.15, -0.1) is 0 Å². The van der Waals surface area contributed by atoms with E-state index in [1.807, 2.05) is 12.1 Å². The fourth-order valence-electron chi connectivity index (χ4n) is 4.20. The molecule has 0 atom stereocenters. The number of hydrogen-bond acceptors (Lipinski definition) is 5. The van der Waals surface area contributed by atoms with E-state index in [0.717, 1.165) is 62.5 Å². The summed E-state index contributed by atoms with van der Waals surface area (Å²) in [7, 11) is -2.47. The molecule has 0 aromatic heterocycles. The molecule has 7 nitrogen and oxygen atoms in total. The molecule has 2 aliphatic carbocycles. The van der Waals surface area contributed by atoms with Crippen LogP contribution in [-0.2, 0) is 21.2 Å². The summed E-state index contributed by atoms with van der Waals surface area (Å²) in [6.45, 7) is 0.428. The summed E-state index contributed by atoms with van der Waals surface area (Å²) in [6.07, 6.45) is 11.9. The molecule has 1 saturated carbocycles. The maximum absolute atomic E-state index is 13.0. The standard InChI is InChI=1S/C23H33N3O4S2/c1-30-20-13-12-17(14-15-24-22(27)18-8-4-2-5-9-18)16-21(20)32(28,29)26-23(31)25-19-10-6-3-7-11-19/h8,12-13,16,19H,2-7,9-11,14-15H2,1H3,(H,24,27)(H2,25,26,31). The lowest BCUT2D eigenvalue weighted by molar-refractivity contribution is -0.117. The normalized spacial score (nSPS) is 17.2. The Bertz CT molecular complexity index is 954. The number of allylic oxidation sites excluding steroid dienone is 1. The molecule has 1 amide bonds. The van der Waals surface area contributed by atoms with Gasteiger partial charge in [-0.3, -0.25) is 9.52 Å². The number of carbonyl (C=O) groups excluding carboxylic acids is 1. The number of thiocarbonyl (C=S) groups is 1. The maximum atomic E-state index is 13.0. The Balaban J connectivity index is 1.61. The summed E-state index contributed by atoms with van der Waals surface area (Å²) in [5, 5.41) is 6.16. The van der Waals surface area contributed by atoms with Gasteiger partial charge in [0.15, 0.2) is 5.11 Å². The lowest BCUT2D eigenvalue weighted by Gasteiger charge is -2.24. The molecular formula is C23H33N3O4S2. The molecule has 0 aliphatic heterocycles. The molecule has 1 aromatic carbocycles. The molecule has 1 aromatic rings. The van der Waals surface area contributed by atoms with Gasteiger partial charge in [0.2, 0.25) is 5.91 Å². The molecule has 0 heterocycles. The SMILES string of the molecule is COc1ccc(CCNC(=O)C2=CCCCC2)cc1S(=O)(=O)NC(=S)NC1CCCCC1. The first-order chi connectivity index (χ1) is 15.4. The minimum atomic E-state index is -3.91. The Morgan fingerprint density at radius 2 is 1.94 bits per heavy atom. The fraction of sp³-hybridized carbons (Fsp3) is 0.565. The molecule has 0 radical (unpaired) electrons. The van der Waals surface area contributed by atoms with Gasteiger partial charge in [0.1, 0.15) is 10.6 Å². The number of carbonyl (C=O) groups is 1. The third-order valence-corrected chi connectivity index (χ3v) is 7.69. The summed E-state index contributed by atoms with van der Waals surface area (Å²) in [5.74, 6) is 0.213. The number of amides is 1. The van der Waals surface area contributed by atoms with E-state index in [-0.39, 0.29) is 27.7 Å². The van der Waals surface area contributed by atoms with Crippen LogP contribution < -0.4 is 20.1 Å². The van der Waals surface area contributed by atoms with Gasteiger partial charge in [-0.1, -0.05) is 31.4 Å². The summed E-state index contributed by atoms with van der Waals surface area (Å²) in [6, 6.07) is 5.22. The topological polar surface area (TPSA) is 96.5 Å². The van der Waals surface area contributed by atoms with Gasteiger partial charge >= 0.3 is 0 Å². The quantitative estimate of drug-likeness (QED) is 0.495. The number of ether oxygens (including phenoxy) is 1. The van der Waals surface area contributed by atoms with Crippen LogP contribution in [0, 0.1) is 0 Å². The molecule has 0 saturated heterocycles. The fourth-order valence-corrected chi connectivity index (χ4v) is 5.84.